The topological polar surface area (TPSA) is 84.9 Å². The van der Waals surface area contributed by atoms with Gasteiger partial charge in [-0.2, -0.15) is 9.40 Å². The smallest absolute Gasteiger partial charge is 0.247 e. The summed E-state index contributed by atoms with van der Waals surface area (Å²) in [5.41, 5.74) is 0.847. The van der Waals surface area contributed by atoms with Crippen LogP contribution >= 0.6 is 0 Å². The molecular weight excluding hydrogens is 356 g/mol. The second-order valence-electron chi connectivity index (χ2n) is 5.94. The lowest BCUT2D eigenvalue weighted by molar-refractivity contribution is 0.370. The number of sulfonamides is 1. The number of nitrogens with zero attached hydrogens (tertiary/aromatic N) is 4. The molecule has 0 spiro atoms. The zero-order valence-electron chi connectivity index (χ0n) is 15.0. The standard InChI is InChI=1S/C17H22N4O4S/c1-13-4-7-17(19-18-13)20-8-10-21(11-9-20)26(22,23)16-12-14(24-2)5-6-15(16)25-3/h4-7,12H,8-11H2,1-3H3. The van der Waals surface area contributed by atoms with Crippen molar-refractivity contribution in [3.63, 3.8) is 0 Å². The van der Waals surface area contributed by atoms with E-state index in [-0.39, 0.29) is 4.90 Å². The van der Waals surface area contributed by atoms with Crippen LogP contribution in [0.5, 0.6) is 11.5 Å². The Morgan fingerprint density at radius 3 is 2.27 bits per heavy atom. The maximum Gasteiger partial charge on any atom is 0.247 e. The Hall–Kier alpha value is -2.39. The van der Waals surface area contributed by atoms with Crippen LogP contribution in [0.1, 0.15) is 5.69 Å². The fourth-order valence-corrected chi connectivity index (χ4v) is 4.44. The van der Waals surface area contributed by atoms with Gasteiger partial charge in [-0.25, -0.2) is 8.42 Å². The lowest BCUT2D eigenvalue weighted by Crippen LogP contribution is -2.49. The van der Waals surface area contributed by atoms with Gasteiger partial charge >= 0.3 is 0 Å². The van der Waals surface area contributed by atoms with Crippen molar-refractivity contribution in [2.75, 3.05) is 45.3 Å². The summed E-state index contributed by atoms with van der Waals surface area (Å²) in [6.45, 7) is 3.69. The van der Waals surface area contributed by atoms with Gasteiger partial charge in [0.2, 0.25) is 10.0 Å². The molecule has 9 heteroatoms. The molecular formula is C17H22N4O4S. The largest absolute Gasteiger partial charge is 0.497 e. The summed E-state index contributed by atoms with van der Waals surface area (Å²) in [6.07, 6.45) is 0. The summed E-state index contributed by atoms with van der Waals surface area (Å²) in [4.78, 5) is 2.14. The van der Waals surface area contributed by atoms with E-state index in [1.54, 1.807) is 12.1 Å². The van der Waals surface area contributed by atoms with Gasteiger partial charge in [-0.05, 0) is 31.2 Å². The van der Waals surface area contributed by atoms with Gasteiger partial charge < -0.3 is 14.4 Å². The van der Waals surface area contributed by atoms with E-state index in [1.807, 2.05) is 24.0 Å². The summed E-state index contributed by atoms with van der Waals surface area (Å²) in [5, 5.41) is 8.23. The number of ether oxygens (including phenoxy) is 2. The van der Waals surface area contributed by atoms with Crippen molar-refractivity contribution >= 4 is 15.8 Å². The normalized spacial score (nSPS) is 15.7. The SMILES string of the molecule is COc1ccc(OC)c(S(=O)(=O)N2CCN(c3ccc(C)nn3)CC2)c1. The van der Waals surface area contributed by atoms with Crippen molar-refractivity contribution in [2.45, 2.75) is 11.8 Å². The molecule has 2 aromatic rings. The summed E-state index contributed by atoms with van der Waals surface area (Å²) in [5.74, 6) is 1.53. The predicted molar refractivity (Wildman–Crippen MR) is 97.3 cm³/mol. The highest BCUT2D eigenvalue weighted by molar-refractivity contribution is 7.89. The summed E-state index contributed by atoms with van der Waals surface area (Å²) in [7, 11) is -0.731. The first-order valence-electron chi connectivity index (χ1n) is 8.23. The monoisotopic (exact) mass is 378 g/mol. The maximum atomic E-state index is 13.1. The summed E-state index contributed by atoms with van der Waals surface area (Å²) >= 11 is 0. The van der Waals surface area contributed by atoms with E-state index in [0.29, 0.717) is 37.7 Å². The van der Waals surface area contributed by atoms with Crippen molar-refractivity contribution in [2.24, 2.45) is 0 Å². The van der Waals surface area contributed by atoms with Crippen molar-refractivity contribution in [1.29, 1.82) is 0 Å². The van der Waals surface area contributed by atoms with E-state index in [9.17, 15) is 8.42 Å². The molecule has 2 heterocycles. The van der Waals surface area contributed by atoms with E-state index in [0.717, 1.165) is 11.5 Å². The van der Waals surface area contributed by atoms with Crippen LogP contribution in [-0.2, 0) is 10.0 Å². The number of aryl methyl sites for hydroxylation is 1. The van der Waals surface area contributed by atoms with E-state index in [1.165, 1.54) is 24.6 Å². The second-order valence-corrected chi connectivity index (χ2v) is 7.85. The van der Waals surface area contributed by atoms with Crippen LogP contribution in [0.25, 0.3) is 0 Å². The average Bonchev–Trinajstić information content (AvgIpc) is 2.68. The van der Waals surface area contributed by atoms with E-state index >= 15 is 0 Å². The van der Waals surface area contributed by atoms with E-state index in [4.69, 9.17) is 9.47 Å². The van der Waals surface area contributed by atoms with E-state index in [2.05, 4.69) is 10.2 Å². The van der Waals surface area contributed by atoms with Crippen molar-refractivity contribution in [3.8, 4) is 11.5 Å². The number of piperazine rings is 1. The first-order chi connectivity index (χ1) is 12.5. The molecule has 0 aliphatic carbocycles. The molecule has 0 bridgehead atoms. The van der Waals surface area contributed by atoms with Crippen LogP contribution in [0.2, 0.25) is 0 Å². The van der Waals surface area contributed by atoms with Gasteiger partial charge in [-0.3, -0.25) is 0 Å². The Balaban J connectivity index is 1.79. The number of methoxy groups -OCH3 is 2. The number of aromatic nitrogens is 2. The molecule has 1 fully saturated rings. The summed E-state index contributed by atoms with van der Waals surface area (Å²) < 4.78 is 38.0. The Labute approximate surface area is 153 Å². The van der Waals surface area contributed by atoms with Gasteiger partial charge in [0.15, 0.2) is 5.82 Å². The molecule has 0 radical (unpaired) electrons. The first kappa shape index (κ1) is 18.4. The van der Waals surface area contributed by atoms with Gasteiger partial charge in [-0.15, -0.1) is 5.10 Å². The fraction of sp³-hybridized carbons (Fsp3) is 0.412. The fourth-order valence-electron chi connectivity index (χ4n) is 2.84. The molecule has 1 aromatic carbocycles. The van der Waals surface area contributed by atoms with Crippen molar-refractivity contribution in [3.05, 3.63) is 36.0 Å². The molecule has 0 atom stereocenters. The molecule has 3 rings (SSSR count). The Morgan fingerprint density at radius 2 is 1.69 bits per heavy atom. The molecule has 1 aliphatic rings. The molecule has 0 unspecified atom stereocenters. The quantitative estimate of drug-likeness (QED) is 0.775. The molecule has 140 valence electrons. The molecule has 0 amide bonds. The van der Waals surface area contributed by atoms with Gasteiger partial charge in [0.1, 0.15) is 16.4 Å². The maximum absolute atomic E-state index is 13.1. The highest BCUT2D eigenvalue weighted by Gasteiger charge is 2.31. The zero-order valence-corrected chi connectivity index (χ0v) is 15.9. The molecule has 0 saturated carbocycles. The van der Waals surface area contributed by atoms with Crippen molar-refractivity contribution in [1.82, 2.24) is 14.5 Å². The van der Waals surface area contributed by atoms with Gasteiger partial charge in [0.05, 0.1) is 19.9 Å². The molecule has 1 aliphatic heterocycles. The van der Waals surface area contributed by atoms with Crippen LogP contribution in [0, 0.1) is 6.92 Å². The van der Waals surface area contributed by atoms with E-state index < -0.39 is 10.0 Å². The third-order valence-corrected chi connectivity index (χ3v) is 6.25. The van der Waals surface area contributed by atoms with Crippen LogP contribution in [0.3, 0.4) is 0 Å². The highest BCUT2D eigenvalue weighted by atomic mass is 32.2. The van der Waals surface area contributed by atoms with Crippen LogP contribution in [0.4, 0.5) is 5.82 Å². The highest BCUT2D eigenvalue weighted by Crippen LogP contribution is 2.31. The summed E-state index contributed by atoms with van der Waals surface area (Å²) in [6, 6.07) is 8.56. The third kappa shape index (κ3) is 3.58. The minimum atomic E-state index is -3.68. The number of hydrogen-bond donors (Lipinski definition) is 0. The number of anilines is 1. The predicted octanol–water partition coefficient (Wildman–Crippen LogP) is 1.31. The lowest BCUT2D eigenvalue weighted by Gasteiger charge is -2.34. The van der Waals surface area contributed by atoms with Crippen molar-refractivity contribution < 1.29 is 17.9 Å². The van der Waals surface area contributed by atoms with Crippen LogP contribution in [0.15, 0.2) is 35.2 Å². The molecule has 8 nitrogen and oxygen atoms in total. The molecule has 0 N–H and O–H groups in total. The van der Waals surface area contributed by atoms with Gasteiger partial charge in [-0.1, -0.05) is 0 Å². The zero-order chi connectivity index (χ0) is 18.7. The average molecular weight is 378 g/mol. The minimum Gasteiger partial charge on any atom is -0.497 e. The second kappa shape index (κ2) is 7.46. The number of rotatable bonds is 5. The Kier molecular flexibility index (Phi) is 5.28. The lowest BCUT2D eigenvalue weighted by atomic mass is 10.3. The molecule has 26 heavy (non-hydrogen) atoms. The minimum absolute atomic E-state index is 0.114. The first-order valence-corrected chi connectivity index (χ1v) is 9.67. The Bertz CT molecular complexity index is 863. The van der Waals surface area contributed by atoms with Crippen LogP contribution < -0.4 is 14.4 Å². The van der Waals surface area contributed by atoms with Gasteiger partial charge in [0, 0.05) is 32.2 Å². The molecule has 1 aromatic heterocycles. The molecule has 1 saturated heterocycles. The van der Waals surface area contributed by atoms with Gasteiger partial charge in [0.25, 0.3) is 0 Å². The third-order valence-electron chi connectivity index (χ3n) is 4.34. The Morgan fingerprint density at radius 1 is 0.962 bits per heavy atom. The number of hydrogen-bond acceptors (Lipinski definition) is 7. The van der Waals surface area contributed by atoms with Crippen LogP contribution in [-0.4, -0.2) is 63.3 Å². The number of benzene rings is 1.